The van der Waals surface area contributed by atoms with E-state index < -0.39 is 5.41 Å². The van der Waals surface area contributed by atoms with Gasteiger partial charge >= 0.3 is 0 Å². The number of fused-ring (bicyclic) bond motifs is 1. The lowest BCUT2D eigenvalue weighted by molar-refractivity contribution is -0.123. The second-order valence-corrected chi connectivity index (χ2v) is 9.77. The Morgan fingerprint density at radius 1 is 1.12 bits per heavy atom. The third-order valence-corrected chi connectivity index (χ3v) is 6.48. The average molecular weight is 429 g/mol. The highest BCUT2D eigenvalue weighted by molar-refractivity contribution is 5.94. The van der Waals surface area contributed by atoms with Crippen molar-refractivity contribution >= 4 is 17.3 Å². The molecule has 2 N–H and O–H groups in total. The fraction of sp³-hybridized carbons (Fsp3) is 0.407. The van der Waals surface area contributed by atoms with Gasteiger partial charge in [0.05, 0.1) is 17.7 Å². The van der Waals surface area contributed by atoms with Gasteiger partial charge in [-0.3, -0.25) is 9.69 Å². The molecule has 1 amide bonds. The largest absolute Gasteiger partial charge is 0.381 e. The number of carbonyl (C=O) groups is 1. The van der Waals surface area contributed by atoms with Crippen molar-refractivity contribution in [3.05, 3.63) is 71.3 Å². The van der Waals surface area contributed by atoms with E-state index in [1.807, 2.05) is 39.0 Å². The number of nitrogens with one attached hydrogen (secondary N) is 2. The highest BCUT2D eigenvalue weighted by Crippen LogP contribution is 2.37. The van der Waals surface area contributed by atoms with Crippen molar-refractivity contribution in [1.29, 1.82) is 5.26 Å². The number of nitriles is 1. The maximum Gasteiger partial charge on any atom is 0.229 e. The van der Waals surface area contributed by atoms with Gasteiger partial charge in [0.2, 0.25) is 5.91 Å². The second kappa shape index (κ2) is 9.18. The van der Waals surface area contributed by atoms with Gasteiger partial charge in [-0.25, -0.2) is 0 Å². The molecule has 4 rings (SSSR count). The van der Waals surface area contributed by atoms with Gasteiger partial charge in [0.25, 0.3) is 0 Å². The van der Waals surface area contributed by atoms with Crippen molar-refractivity contribution in [3.8, 4) is 6.07 Å². The fourth-order valence-electron chi connectivity index (χ4n) is 4.60. The molecular weight excluding hydrogens is 396 g/mol. The second-order valence-electron chi connectivity index (χ2n) is 9.77. The van der Waals surface area contributed by atoms with Crippen LogP contribution in [0.4, 0.5) is 11.4 Å². The summed E-state index contributed by atoms with van der Waals surface area (Å²) < 4.78 is 0. The normalized spacial score (nSPS) is 19.4. The molecule has 0 bridgehead atoms. The van der Waals surface area contributed by atoms with Crippen LogP contribution in [-0.4, -0.2) is 30.4 Å². The van der Waals surface area contributed by atoms with E-state index in [-0.39, 0.29) is 11.9 Å². The molecule has 2 aliphatic heterocycles. The number of carbonyl (C=O) groups excluding carboxylic acids is 1. The molecule has 0 saturated carbocycles. The molecule has 2 aromatic rings. The molecule has 5 heteroatoms. The van der Waals surface area contributed by atoms with Gasteiger partial charge in [0.1, 0.15) is 0 Å². The van der Waals surface area contributed by atoms with Crippen LogP contribution in [0.1, 0.15) is 62.3 Å². The Kier molecular flexibility index (Phi) is 6.34. The maximum absolute atomic E-state index is 12.3. The van der Waals surface area contributed by atoms with E-state index in [1.165, 1.54) is 11.3 Å². The van der Waals surface area contributed by atoms with Crippen LogP contribution in [0.3, 0.4) is 0 Å². The predicted molar refractivity (Wildman–Crippen MR) is 130 cm³/mol. The highest BCUT2D eigenvalue weighted by Gasteiger charge is 2.29. The number of piperidine rings is 1. The number of anilines is 2. The molecule has 2 aliphatic rings. The number of likely N-dealkylation sites (tertiary alicyclic amines) is 1. The molecule has 0 aliphatic carbocycles. The minimum atomic E-state index is -0.473. The van der Waals surface area contributed by atoms with Crippen LogP contribution >= 0.6 is 0 Å². The zero-order valence-electron chi connectivity index (χ0n) is 19.2. The maximum atomic E-state index is 12.3. The fourth-order valence-corrected chi connectivity index (χ4v) is 4.60. The number of nitrogens with zero attached hydrogens (tertiary/aromatic N) is 2. The van der Waals surface area contributed by atoms with Crippen LogP contribution in [-0.2, 0) is 4.79 Å². The summed E-state index contributed by atoms with van der Waals surface area (Å²) >= 11 is 0. The summed E-state index contributed by atoms with van der Waals surface area (Å²) in [6, 6.07) is 17.0. The van der Waals surface area contributed by atoms with Crippen LogP contribution in [0.25, 0.3) is 0 Å². The zero-order valence-corrected chi connectivity index (χ0v) is 19.2. The Balaban J connectivity index is 1.47. The van der Waals surface area contributed by atoms with Crippen LogP contribution in [0.15, 0.2) is 54.6 Å². The van der Waals surface area contributed by atoms with Crippen LogP contribution in [0.5, 0.6) is 0 Å². The van der Waals surface area contributed by atoms with Crippen molar-refractivity contribution in [1.82, 2.24) is 4.90 Å². The first-order chi connectivity index (χ1) is 15.4. The minimum absolute atomic E-state index is 0.0475. The van der Waals surface area contributed by atoms with Gasteiger partial charge in [-0.1, -0.05) is 57.2 Å². The van der Waals surface area contributed by atoms with Crippen LogP contribution in [0, 0.1) is 16.7 Å². The van der Waals surface area contributed by atoms with Crippen molar-refractivity contribution < 1.29 is 4.79 Å². The summed E-state index contributed by atoms with van der Waals surface area (Å²) in [5.74, 6) is 0.310. The van der Waals surface area contributed by atoms with Gasteiger partial charge < -0.3 is 10.6 Å². The summed E-state index contributed by atoms with van der Waals surface area (Å²) in [5, 5.41) is 16.2. The van der Waals surface area contributed by atoms with E-state index >= 15 is 0 Å². The molecule has 2 aromatic carbocycles. The molecule has 1 atom stereocenters. The van der Waals surface area contributed by atoms with Crippen molar-refractivity contribution in [3.63, 3.8) is 0 Å². The molecule has 0 aromatic heterocycles. The Hall–Kier alpha value is -3.10. The summed E-state index contributed by atoms with van der Waals surface area (Å²) in [6.07, 6.45) is 6.56. The Morgan fingerprint density at radius 3 is 2.59 bits per heavy atom. The van der Waals surface area contributed by atoms with Gasteiger partial charge in [0.15, 0.2) is 0 Å². The summed E-state index contributed by atoms with van der Waals surface area (Å²) in [7, 11) is 0. The van der Waals surface area contributed by atoms with Gasteiger partial charge in [-0.05, 0) is 61.2 Å². The predicted octanol–water partition coefficient (Wildman–Crippen LogP) is 5.45. The minimum Gasteiger partial charge on any atom is -0.381 e. The monoisotopic (exact) mass is 428 g/mol. The summed E-state index contributed by atoms with van der Waals surface area (Å²) in [4.78, 5) is 14.9. The highest BCUT2D eigenvalue weighted by atomic mass is 16.2. The van der Waals surface area contributed by atoms with E-state index in [2.05, 4.69) is 58.0 Å². The summed E-state index contributed by atoms with van der Waals surface area (Å²) in [6.45, 7) is 8.48. The number of para-hydroxylation sites is 1. The van der Waals surface area contributed by atoms with E-state index in [4.69, 9.17) is 0 Å². The molecular formula is C27H32N4O. The van der Waals surface area contributed by atoms with Crippen molar-refractivity contribution in [2.45, 2.75) is 45.6 Å². The van der Waals surface area contributed by atoms with E-state index in [1.54, 1.807) is 0 Å². The lowest BCUT2D eigenvalue weighted by atomic mass is 9.85. The Morgan fingerprint density at radius 2 is 1.88 bits per heavy atom. The molecule has 1 unspecified atom stereocenters. The lowest BCUT2D eigenvalue weighted by Gasteiger charge is -2.37. The van der Waals surface area contributed by atoms with Gasteiger partial charge in [0, 0.05) is 23.3 Å². The molecule has 1 saturated heterocycles. The molecule has 1 fully saturated rings. The lowest BCUT2D eigenvalue weighted by Crippen LogP contribution is -2.35. The molecule has 0 radical (unpaired) electrons. The van der Waals surface area contributed by atoms with Crippen LogP contribution < -0.4 is 10.6 Å². The molecule has 32 heavy (non-hydrogen) atoms. The standard InChI is InChI=1S/C27H32N4O/c1-27(2,3)26(32)30-21-10-11-22(20(17-21)18-28)19-12-15-31(16-13-19)25-9-6-14-29-24-8-5-4-7-23(24)25/h4-11,17,19,25,29H,12-16H2,1-3H3,(H,30,32). The van der Waals surface area contributed by atoms with Crippen LogP contribution in [0.2, 0.25) is 0 Å². The first-order valence-corrected chi connectivity index (χ1v) is 11.5. The Bertz CT molecular complexity index is 1050. The van der Waals surface area contributed by atoms with E-state index in [0.29, 0.717) is 17.2 Å². The number of hydrogen-bond acceptors (Lipinski definition) is 4. The number of rotatable bonds is 3. The average Bonchev–Trinajstić information content (AvgIpc) is 3.01. The summed E-state index contributed by atoms with van der Waals surface area (Å²) in [5.41, 5.74) is 4.52. The van der Waals surface area contributed by atoms with E-state index in [9.17, 15) is 10.1 Å². The number of amides is 1. The smallest absolute Gasteiger partial charge is 0.229 e. The van der Waals surface area contributed by atoms with E-state index in [0.717, 1.165) is 38.0 Å². The quantitative estimate of drug-likeness (QED) is 0.638. The third-order valence-electron chi connectivity index (χ3n) is 6.48. The first kappa shape index (κ1) is 22.1. The first-order valence-electron chi connectivity index (χ1n) is 11.5. The Labute approximate surface area is 191 Å². The molecule has 0 spiro atoms. The number of benzene rings is 2. The van der Waals surface area contributed by atoms with Crippen molar-refractivity contribution in [2.75, 3.05) is 30.3 Å². The van der Waals surface area contributed by atoms with Gasteiger partial charge in [-0.15, -0.1) is 0 Å². The molecule has 2 heterocycles. The molecule has 5 nitrogen and oxygen atoms in total. The molecule has 166 valence electrons. The zero-order chi connectivity index (χ0) is 22.7. The third kappa shape index (κ3) is 4.71. The number of hydrogen-bond donors (Lipinski definition) is 2. The van der Waals surface area contributed by atoms with Gasteiger partial charge in [-0.2, -0.15) is 5.26 Å². The SMILES string of the molecule is CC(C)(C)C(=O)Nc1ccc(C2CCN(C3C=CCNc4ccccc43)CC2)c(C#N)c1. The van der Waals surface area contributed by atoms with Crippen molar-refractivity contribution in [2.24, 2.45) is 5.41 Å². The topological polar surface area (TPSA) is 68.2 Å².